The van der Waals surface area contributed by atoms with Crippen LogP contribution in [0.5, 0.6) is 0 Å². The molecule has 3 rings (SSSR count). The van der Waals surface area contributed by atoms with Gasteiger partial charge in [-0.1, -0.05) is 23.7 Å². The molecule has 1 aromatic heterocycles. The number of carbonyl (C=O) groups excluding carboxylic acids is 1. The lowest BCUT2D eigenvalue weighted by Crippen LogP contribution is -2.48. The molecule has 9 heteroatoms. The molecule has 0 aliphatic carbocycles. The summed E-state index contributed by atoms with van der Waals surface area (Å²) in [4.78, 5) is 14.3. The van der Waals surface area contributed by atoms with Gasteiger partial charge in [-0.15, -0.1) is 11.3 Å². The number of nitrogens with zero attached hydrogens (tertiary/aromatic N) is 2. The first kappa shape index (κ1) is 18.2. The second-order valence-corrected chi connectivity index (χ2v) is 8.77. The average molecular weight is 400 g/mol. The zero-order valence-corrected chi connectivity index (χ0v) is 16.0. The van der Waals surface area contributed by atoms with Crippen molar-refractivity contribution in [2.24, 2.45) is 0 Å². The van der Waals surface area contributed by atoms with E-state index in [2.05, 4.69) is 10.2 Å². The van der Waals surface area contributed by atoms with Gasteiger partial charge in [0, 0.05) is 33.2 Å². The monoisotopic (exact) mass is 399 g/mol. The fourth-order valence-corrected chi connectivity index (χ4v) is 5.82. The zero-order valence-electron chi connectivity index (χ0n) is 13.6. The summed E-state index contributed by atoms with van der Waals surface area (Å²) >= 11 is 7.35. The van der Waals surface area contributed by atoms with Gasteiger partial charge in [0.1, 0.15) is 9.77 Å². The van der Waals surface area contributed by atoms with Crippen molar-refractivity contribution in [3.63, 3.8) is 0 Å². The first-order valence-electron chi connectivity index (χ1n) is 7.74. The van der Waals surface area contributed by atoms with Crippen LogP contribution in [0, 0.1) is 0 Å². The minimum atomic E-state index is -3.70. The molecule has 1 fully saturated rings. The number of piperazine rings is 1. The van der Waals surface area contributed by atoms with Crippen molar-refractivity contribution in [2.45, 2.75) is 4.90 Å². The number of benzene rings is 1. The van der Waals surface area contributed by atoms with Gasteiger partial charge in [-0.25, -0.2) is 8.42 Å². The van der Waals surface area contributed by atoms with E-state index < -0.39 is 10.0 Å². The summed E-state index contributed by atoms with van der Waals surface area (Å²) in [7, 11) is -2.21. The Bertz CT molecular complexity index is 874. The van der Waals surface area contributed by atoms with Gasteiger partial charge in [0.15, 0.2) is 0 Å². The van der Waals surface area contributed by atoms with Crippen LogP contribution in [0.3, 0.4) is 0 Å². The van der Waals surface area contributed by atoms with Gasteiger partial charge in [0.2, 0.25) is 10.0 Å². The predicted molar refractivity (Wildman–Crippen MR) is 100 cm³/mol. The van der Waals surface area contributed by atoms with E-state index in [1.54, 1.807) is 5.38 Å². The third kappa shape index (κ3) is 3.52. The molecule has 0 saturated carbocycles. The molecule has 2 aromatic rings. The Morgan fingerprint density at radius 1 is 1.16 bits per heavy atom. The molecule has 0 spiro atoms. The normalized spacial score (nSPS) is 16.0. The number of para-hydroxylation sites is 1. The Morgan fingerprint density at radius 2 is 1.84 bits per heavy atom. The Hall–Kier alpha value is -1.61. The highest BCUT2D eigenvalue weighted by Crippen LogP contribution is 2.29. The maximum Gasteiger partial charge on any atom is 0.262 e. The Balaban J connectivity index is 1.78. The van der Waals surface area contributed by atoms with E-state index in [4.69, 9.17) is 11.6 Å². The number of carbonyl (C=O) groups is 1. The van der Waals surface area contributed by atoms with Crippen molar-refractivity contribution in [1.29, 1.82) is 0 Å². The largest absolute Gasteiger partial charge is 0.368 e. The molecular weight excluding hydrogens is 382 g/mol. The maximum absolute atomic E-state index is 12.9. The fourth-order valence-electron chi connectivity index (χ4n) is 2.80. The summed E-state index contributed by atoms with van der Waals surface area (Å²) in [6.07, 6.45) is 0. The van der Waals surface area contributed by atoms with Gasteiger partial charge in [-0.2, -0.15) is 4.31 Å². The molecule has 1 aliphatic heterocycles. The summed E-state index contributed by atoms with van der Waals surface area (Å²) in [5, 5.41) is 4.76. The molecule has 25 heavy (non-hydrogen) atoms. The Kier molecular flexibility index (Phi) is 5.33. The van der Waals surface area contributed by atoms with E-state index >= 15 is 0 Å². The number of nitrogens with one attached hydrogen (secondary N) is 1. The summed E-state index contributed by atoms with van der Waals surface area (Å²) in [5.41, 5.74) is 0.905. The Labute approximate surface area is 156 Å². The van der Waals surface area contributed by atoms with Gasteiger partial charge in [-0.3, -0.25) is 4.79 Å². The van der Waals surface area contributed by atoms with Crippen molar-refractivity contribution in [3.8, 4) is 0 Å². The van der Waals surface area contributed by atoms with Crippen molar-refractivity contribution in [3.05, 3.63) is 45.6 Å². The number of halogens is 1. The number of anilines is 1. The van der Waals surface area contributed by atoms with E-state index in [-0.39, 0.29) is 15.7 Å². The molecule has 0 atom stereocenters. The lowest BCUT2D eigenvalue weighted by molar-refractivity contribution is 0.0964. The fraction of sp³-hybridized carbons (Fsp3) is 0.312. The van der Waals surface area contributed by atoms with Gasteiger partial charge in [0.05, 0.1) is 10.7 Å². The van der Waals surface area contributed by atoms with Crippen molar-refractivity contribution in [1.82, 2.24) is 9.62 Å². The van der Waals surface area contributed by atoms with E-state index in [0.717, 1.165) is 17.0 Å². The topological polar surface area (TPSA) is 69.7 Å². The molecule has 0 radical (unpaired) electrons. The van der Waals surface area contributed by atoms with Crippen LogP contribution in [0.1, 0.15) is 9.67 Å². The van der Waals surface area contributed by atoms with Crippen LogP contribution < -0.4 is 10.2 Å². The number of hydrogen-bond donors (Lipinski definition) is 1. The molecule has 1 amide bonds. The summed E-state index contributed by atoms with van der Waals surface area (Å²) in [6, 6.07) is 9.01. The van der Waals surface area contributed by atoms with Crippen LogP contribution >= 0.6 is 22.9 Å². The minimum Gasteiger partial charge on any atom is -0.368 e. The van der Waals surface area contributed by atoms with Gasteiger partial charge in [-0.05, 0) is 23.6 Å². The number of amides is 1. The van der Waals surface area contributed by atoms with Gasteiger partial charge < -0.3 is 10.2 Å². The molecule has 1 saturated heterocycles. The van der Waals surface area contributed by atoms with E-state index in [0.29, 0.717) is 31.2 Å². The first-order valence-corrected chi connectivity index (χ1v) is 10.4. The third-order valence-corrected chi connectivity index (χ3v) is 7.41. The maximum atomic E-state index is 12.9. The second kappa shape index (κ2) is 7.33. The standard InChI is InChI=1S/C16H18ClN3O3S2/c1-18-16(21)15-14(6-11-24-15)25(22,23)20-9-7-19(8-10-20)13-5-3-2-4-12(13)17/h2-6,11H,7-10H2,1H3,(H,18,21). The molecule has 1 aliphatic rings. The number of rotatable bonds is 4. The average Bonchev–Trinajstić information content (AvgIpc) is 3.12. The van der Waals surface area contributed by atoms with Crippen LogP contribution in [-0.2, 0) is 10.0 Å². The molecule has 1 N–H and O–H groups in total. The Morgan fingerprint density at radius 3 is 2.48 bits per heavy atom. The van der Waals surface area contributed by atoms with E-state index in [9.17, 15) is 13.2 Å². The van der Waals surface area contributed by atoms with Crippen molar-refractivity contribution >= 4 is 44.6 Å². The molecule has 6 nitrogen and oxygen atoms in total. The summed E-state index contributed by atoms with van der Waals surface area (Å²) < 4.78 is 27.2. The minimum absolute atomic E-state index is 0.0723. The van der Waals surface area contributed by atoms with E-state index in [1.807, 2.05) is 24.3 Å². The van der Waals surface area contributed by atoms with Crippen LogP contribution in [-0.4, -0.2) is 51.9 Å². The van der Waals surface area contributed by atoms with Crippen LogP contribution in [0.15, 0.2) is 40.6 Å². The first-order chi connectivity index (χ1) is 11.9. The highest BCUT2D eigenvalue weighted by molar-refractivity contribution is 7.89. The zero-order chi connectivity index (χ0) is 18.0. The third-order valence-electron chi connectivity index (χ3n) is 4.11. The van der Waals surface area contributed by atoms with Crippen molar-refractivity contribution < 1.29 is 13.2 Å². The number of thiophene rings is 1. The SMILES string of the molecule is CNC(=O)c1sccc1S(=O)(=O)N1CCN(c2ccccc2Cl)CC1. The second-order valence-electron chi connectivity index (χ2n) is 5.54. The van der Waals surface area contributed by atoms with Crippen molar-refractivity contribution in [2.75, 3.05) is 38.1 Å². The molecule has 0 unspecified atom stereocenters. The highest BCUT2D eigenvalue weighted by atomic mass is 35.5. The number of hydrogen-bond acceptors (Lipinski definition) is 5. The van der Waals surface area contributed by atoms with Gasteiger partial charge in [0.25, 0.3) is 5.91 Å². The molecule has 1 aromatic carbocycles. The lowest BCUT2D eigenvalue weighted by Gasteiger charge is -2.35. The lowest BCUT2D eigenvalue weighted by atomic mass is 10.2. The molecule has 0 bridgehead atoms. The quantitative estimate of drug-likeness (QED) is 0.856. The van der Waals surface area contributed by atoms with Gasteiger partial charge >= 0.3 is 0 Å². The smallest absolute Gasteiger partial charge is 0.262 e. The predicted octanol–water partition coefficient (Wildman–Crippen LogP) is 2.27. The highest BCUT2D eigenvalue weighted by Gasteiger charge is 2.32. The van der Waals surface area contributed by atoms with Crippen LogP contribution in [0.2, 0.25) is 5.02 Å². The molecule has 2 heterocycles. The van der Waals surface area contributed by atoms with E-state index in [1.165, 1.54) is 17.4 Å². The summed E-state index contributed by atoms with van der Waals surface area (Å²) in [6.45, 7) is 1.78. The molecular formula is C16H18ClN3O3S2. The summed E-state index contributed by atoms with van der Waals surface area (Å²) in [5.74, 6) is -0.386. The van der Waals surface area contributed by atoms with Crippen LogP contribution in [0.4, 0.5) is 5.69 Å². The molecule has 134 valence electrons. The number of sulfonamides is 1. The van der Waals surface area contributed by atoms with Crippen LogP contribution in [0.25, 0.3) is 0 Å².